The number of hydrogen-bond donors (Lipinski definition) is 2. The zero-order chi connectivity index (χ0) is 22.5. The van der Waals surface area contributed by atoms with Gasteiger partial charge in [-0.3, -0.25) is 9.59 Å². The van der Waals surface area contributed by atoms with Crippen LogP contribution in [0.1, 0.15) is 56.1 Å². The van der Waals surface area contributed by atoms with E-state index in [9.17, 15) is 9.59 Å². The van der Waals surface area contributed by atoms with Crippen LogP contribution in [0.2, 0.25) is 10.0 Å². The number of amides is 2. The smallest absolute Gasteiger partial charge is 0.262 e. The number of rotatable bonds is 6. The lowest BCUT2D eigenvalue weighted by atomic mass is 9.87. The van der Waals surface area contributed by atoms with Gasteiger partial charge in [0.05, 0.1) is 16.8 Å². The van der Waals surface area contributed by atoms with Gasteiger partial charge in [0.1, 0.15) is 6.04 Å². The Morgan fingerprint density at radius 1 is 1.03 bits per heavy atom. The van der Waals surface area contributed by atoms with Gasteiger partial charge in [0.15, 0.2) is 0 Å². The number of nitrogens with zero attached hydrogens (tertiary/aromatic N) is 1. The van der Waals surface area contributed by atoms with E-state index in [1.165, 1.54) is 17.7 Å². The normalized spacial score (nSPS) is 12.8. The van der Waals surface area contributed by atoms with Crippen molar-refractivity contribution in [3.05, 3.63) is 69.2 Å². The summed E-state index contributed by atoms with van der Waals surface area (Å²) in [5, 5.41) is 7.39. The van der Waals surface area contributed by atoms with E-state index in [0.717, 1.165) is 5.56 Å². The Balaban J connectivity index is 2.03. The second kappa shape index (κ2) is 10.1. The summed E-state index contributed by atoms with van der Waals surface area (Å²) >= 11 is 12.0. The lowest BCUT2D eigenvalue weighted by Gasteiger charge is -2.20. The summed E-state index contributed by atoms with van der Waals surface area (Å²) in [7, 11) is 0. The number of carbonyl (C=O) groups is 2. The average Bonchev–Trinajstić information content (AvgIpc) is 2.65. The number of carbonyl (C=O) groups excluding carboxylic acids is 2. The maximum atomic E-state index is 12.6. The highest BCUT2D eigenvalue weighted by Gasteiger charge is 2.25. The standard InChI is InChI=1S/C23H27Cl2N3O2/c1-14(2)20(27-21(29)18-11-10-17(24)12-19(18)25)22(30)28-26-13-15-6-8-16(9-7-15)23(3,4)5/h6-14,20H,1-5H3,(H,27,29)(H,28,30)/b26-13+/t20-/m1/s1. The molecule has 0 saturated carbocycles. The predicted molar refractivity (Wildman–Crippen MR) is 123 cm³/mol. The van der Waals surface area contributed by atoms with Gasteiger partial charge in [0.25, 0.3) is 11.8 Å². The first-order valence-corrected chi connectivity index (χ1v) is 10.4. The van der Waals surface area contributed by atoms with Crippen LogP contribution in [0.15, 0.2) is 47.6 Å². The molecule has 0 aliphatic heterocycles. The van der Waals surface area contributed by atoms with E-state index in [-0.39, 0.29) is 21.9 Å². The van der Waals surface area contributed by atoms with Gasteiger partial charge >= 0.3 is 0 Å². The molecule has 2 N–H and O–H groups in total. The number of hydrazone groups is 1. The average molecular weight is 448 g/mol. The van der Waals surface area contributed by atoms with Crippen molar-refractivity contribution >= 4 is 41.2 Å². The van der Waals surface area contributed by atoms with E-state index in [2.05, 4.69) is 36.6 Å². The molecule has 2 aromatic carbocycles. The first-order chi connectivity index (χ1) is 14.0. The van der Waals surface area contributed by atoms with Crippen molar-refractivity contribution < 1.29 is 9.59 Å². The van der Waals surface area contributed by atoms with Gasteiger partial charge in [0, 0.05) is 5.02 Å². The van der Waals surface area contributed by atoms with Crippen molar-refractivity contribution in [3.63, 3.8) is 0 Å². The molecular weight excluding hydrogens is 421 g/mol. The Morgan fingerprint density at radius 3 is 2.20 bits per heavy atom. The van der Waals surface area contributed by atoms with E-state index in [4.69, 9.17) is 23.2 Å². The summed E-state index contributed by atoms with van der Waals surface area (Å²) in [4.78, 5) is 25.1. The number of benzene rings is 2. The van der Waals surface area contributed by atoms with E-state index >= 15 is 0 Å². The van der Waals surface area contributed by atoms with Crippen molar-refractivity contribution in [1.82, 2.24) is 10.7 Å². The van der Waals surface area contributed by atoms with Crippen molar-refractivity contribution in [3.8, 4) is 0 Å². The number of nitrogens with one attached hydrogen (secondary N) is 2. The fraction of sp³-hybridized carbons (Fsp3) is 0.348. The third-order valence-corrected chi connectivity index (χ3v) is 5.12. The van der Waals surface area contributed by atoms with Gasteiger partial charge in [-0.05, 0) is 40.7 Å². The third-order valence-electron chi connectivity index (χ3n) is 4.58. The Labute approximate surface area is 187 Å². The SMILES string of the molecule is CC(C)[C@@H](NC(=O)c1ccc(Cl)cc1Cl)C(=O)N/N=C/c1ccc(C(C)(C)C)cc1. The molecule has 0 saturated heterocycles. The molecule has 5 nitrogen and oxygen atoms in total. The number of halogens is 2. The number of hydrogen-bond acceptors (Lipinski definition) is 3. The molecule has 30 heavy (non-hydrogen) atoms. The Bertz CT molecular complexity index is 932. The minimum absolute atomic E-state index is 0.0690. The van der Waals surface area contributed by atoms with E-state index < -0.39 is 17.9 Å². The highest BCUT2D eigenvalue weighted by atomic mass is 35.5. The molecular formula is C23H27Cl2N3O2. The van der Waals surface area contributed by atoms with Gasteiger partial charge in [-0.15, -0.1) is 0 Å². The van der Waals surface area contributed by atoms with E-state index in [1.807, 2.05) is 38.1 Å². The van der Waals surface area contributed by atoms with Crippen LogP contribution in [0.3, 0.4) is 0 Å². The first-order valence-electron chi connectivity index (χ1n) is 9.68. The summed E-state index contributed by atoms with van der Waals surface area (Å²) in [6, 6.07) is 11.8. The van der Waals surface area contributed by atoms with Crippen molar-refractivity contribution in [2.24, 2.45) is 11.0 Å². The van der Waals surface area contributed by atoms with Crippen molar-refractivity contribution in [1.29, 1.82) is 0 Å². The first kappa shape index (κ1) is 23.9. The largest absolute Gasteiger partial charge is 0.340 e. The van der Waals surface area contributed by atoms with Crippen molar-refractivity contribution in [2.45, 2.75) is 46.1 Å². The summed E-state index contributed by atoms with van der Waals surface area (Å²) in [5.74, 6) is -1.01. The molecule has 7 heteroatoms. The van der Waals surface area contributed by atoms with Gasteiger partial charge in [-0.25, -0.2) is 5.43 Å². The Morgan fingerprint density at radius 2 is 1.67 bits per heavy atom. The minimum Gasteiger partial charge on any atom is -0.340 e. The molecule has 0 aliphatic carbocycles. The molecule has 0 radical (unpaired) electrons. The van der Waals surface area contributed by atoms with Crippen molar-refractivity contribution in [2.75, 3.05) is 0 Å². The second-order valence-corrected chi connectivity index (χ2v) is 9.27. The molecule has 0 spiro atoms. The maximum absolute atomic E-state index is 12.6. The zero-order valence-corrected chi connectivity index (χ0v) is 19.3. The van der Waals surface area contributed by atoms with Crippen LogP contribution in [-0.2, 0) is 10.2 Å². The van der Waals surface area contributed by atoms with Gasteiger partial charge in [-0.1, -0.05) is 82.1 Å². The van der Waals surface area contributed by atoms with Crippen LogP contribution >= 0.6 is 23.2 Å². The molecule has 2 rings (SSSR count). The molecule has 0 unspecified atom stereocenters. The zero-order valence-electron chi connectivity index (χ0n) is 17.8. The lowest BCUT2D eigenvalue weighted by Crippen LogP contribution is -2.48. The quantitative estimate of drug-likeness (QED) is 0.471. The molecule has 0 aliphatic rings. The summed E-state index contributed by atoms with van der Waals surface area (Å²) in [6.45, 7) is 10.1. The molecule has 0 heterocycles. The second-order valence-electron chi connectivity index (χ2n) is 8.43. The van der Waals surface area contributed by atoms with Crippen LogP contribution in [0, 0.1) is 5.92 Å². The van der Waals surface area contributed by atoms with Gasteiger partial charge < -0.3 is 5.32 Å². The summed E-state index contributed by atoms with van der Waals surface area (Å²) < 4.78 is 0. The van der Waals surface area contributed by atoms with E-state index in [0.29, 0.717) is 5.02 Å². The highest BCUT2D eigenvalue weighted by molar-refractivity contribution is 6.36. The molecule has 1 atom stereocenters. The van der Waals surface area contributed by atoms with Crippen LogP contribution in [0.4, 0.5) is 0 Å². The van der Waals surface area contributed by atoms with Gasteiger partial charge in [-0.2, -0.15) is 5.10 Å². The fourth-order valence-corrected chi connectivity index (χ4v) is 3.23. The maximum Gasteiger partial charge on any atom is 0.262 e. The molecule has 0 aromatic heterocycles. The molecule has 160 valence electrons. The topological polar surface area (TPSA) is 70.6 Å². The van der Waals surface area contributed by atoms with Crippen LogP contribution in [-0.4, -0.2) is 24.1 Å². The minimum atomic E-state index is -0.773. The molecule has 2 aromatic rings. The summed E-state index contributed by atoms with van der Waals surface area (Å²) in [5.41, 5.74) is 4.90. The Kier molecular flexibility index (Phi) is 8.04. The molecule has 0 fully saturated rings. The van der Waals surface area contributed by atoms with Crippen LogP contribution < -0.4 is 10.7 Å². The highest BCUT2D eigenvalue weighted by Crippen LogP contribution is 2.22. The van der Waals surface area contributed by atoms with Crippen LogP contribution in [0.25, 0.3) is 0 Å². The van der Waals surface area contributed by atoms with Gasteiger partial charge in [0.2, 0.25) is 0 Å². The predicted octanol–water partition coefficient (Wildman–Crippen LogP) is 5.20. The monoisotopic (exact) mass is 447 g/mol. The molecule has 2 amide bonds. The third kappa shape index (κ3) is 6.57. The van der Waals surface area contributed by atoms with Crippen LogP contribution in [0.5, 0.6) is 0 Å². The molecule has 0 bridgehead atoms. The fourth-order valence-electron chi connectivity index (χ4n) is 2.74. The van der Waals surface area contributed by atoms with E-state index in [1.54, 1.807) is 12.3 Å². The lowest BCUT2D eigenvalue weighted by molar-refractivity contribution is -0.123. The summed E-state index contributed by atoms with van der Waals surface area (Å²) in [6.07, 6.45) is 1.57. The Hall–Kier alpha value is -2.37.